The normalized spacial score (nSPS) is 12.7. The first-order valence-electron chi connectivity index (χ1n) is 7.61. The van der Waals surface area contributed by atoms with E-state index in [1.807, 2.05) is 38.4 Å². The van der Waals surface area contributed by atoms with Crippen LogP contribution in [0.1, 0.15) is 41.5 Å². The maximum absolute atomic E-state index is 12.7. The zero-order chi connectivity index (χ0) is 16.6. The first kappa shape index (κ1) is 15.7. The Hall–Kier alpha value is -2.21. The molecule has 5 nitrogen and oxygen atoms in total. The van der Waals surface area contributed by atoms with Crippen LogP contribution in [0.5, 0.6) is 0 Å². The Balaban J connectivity index is 1.90. The molecule has 1 unspecified atom stereocenters. The smallest absolute Gasteiger partial charge is 0.272 e. The fourth-order valence-corrected chi connectivity index (χ4v) is 3.42. The molecule has 1 atom stereocenters. The predicted octanol–water partition coefficient (Wildman–Crippen LogP) is 3.47. The Morgan fingerprint density at radius 2 is 2.13 bits per heavy atom. The molecule has 1 N–H and O–H groups in total. The fourth-order valence-electron chi connectivity index (χ4n) is 2.66. The zero-order valence-electron chi connectivity index (χ0n) is 13.7. The molecule has 1 amide bonds. The molecule has 0 aliphatic heterocycles. The number of amides is 1. The van der Waals surface area contributed by atoms with Crippen LogP contribution in [-0.4, -0.2) is 20.1 Å². The van der Waals surface area contributed by atoms with E-state index < -0.39 is 0 Å². The van der Waals surface area contributed by atoms with E-state index in [2.05, 4.69) is 28.6 Å². The zero-order valence-corrected chi connectivity index (χ0v) is 14.5. The molecule has 23 heavy (non-hydrogen) atoms. The van der Waals surface area contributed by atoms with E-state index >= 15 is 0 Å². The van der Waals surface area contributed by atoms with Gasteiger partial charge in [-0.25, -0.2) is 0 Å². The third-order valence-corrected chi connectivity index (χ3v) is 4.70. The maximum Gasteiger partial charge on any atom is 0.272 e. The Morgan fingerprint density at radius 1 is 1.35 bits per heavy atom. The minimum atomic E-state index is -0.135. The van der Waals surface area contributed by atoms with Crippen molar-refractivity contribution in [2.24, 2.45) is 13.0 Å². The van der Waals surface area contributed by atoms with Crippen molar-refractivity contribution in [1.82, 2.24) is 19.5 Å². The van der Waals surface area contributed by atoms with Gasteiger partial charge in [0, 0.05) is 24.2 Å². The standard InChI is InChI=1S/C17H20N4OS/c1-10(2)15(12-8-18-21(4)9-12)19-17(22)16-13-7-11(3)5-6-14(13)23-20-16/h5-10,15H,1-4H3,(H,19,22). The number of aryl methyl sites for hydroxylation is 2. The summed E-state index contributed by atoms with van der Waals surface area (Å²) in [5.41, 5.74) is 2.63. The summed E-state index contributed by atoms with van der Waals surface area (Å²) in [6.45, 7) is 6.19. The molecule has 3 aromatic rings. The Kier molecular flexibility index (Phi) is 4.17. The molecule has 120 valence electrons. The van der Waals surface area contributed by atoms with Gasteiger partial charge in [0.15, 0.2) is 0 Å². The molecule has 6 heteroatoms. The largest absolute Gasteiger partial charge is 0.343 e. The van der Waals surface area contributed by atoms with Crippen LogP contribution in [0, 0.1) is 12.8 Å². The lowest BCUT2D eigenvalue weighted by Gasteiger charge is -2.20. The third-order valence-electron chi connectivity index (χ3n) is 3.88. The molecule has 2 heterocycles. The van der Waals surface area contributed by atoms with Gasteiger partial charge in [-0.2, -0.15) is 9.47 Å². The van der Waals surface area contributed by atoms with Gasteiger partial charge in [0.2, 0.25) is 0 Å². The Bertz CT molecular complexity index is 849. The second-order valence-corrected chi connectivity index (χ2v) is 6.98. The molecule has 0 bridgehead atoms. The van der Waals surface area contributed by atoms with E-state index in [0.29, 0.717) is 5.69 Å². The monoisotopic (exact) mass is 328 g/mol. The summed E-state index contributed by atoms with van der Waals surface area (Å²) in [7, 11) is 1.87. The first-order chi connectivity index (χ1) is 11.0. The van der Waals surface area contributed by atoms with Gasteiger partial charge in [-0.05, 0) is 36.5 Å². The third kappa shape index (κ3) is 3.12. The minimum Gasteiger partial charge on any atom is -0.343 e. The summed E-state index contributed by atoms with van der Waals surface area (Å²) in [6, 6.07) is 5.98. The maximum atomic E-state index is 12.7. The number of rotatable bonds is 4. The molecule has 0 spiro atoms. The molecule has 0 aliphatic carbocycles. The quantitative estimate of drug-likeness (QED) is 0.798. The van der Waals surface area contributed by atoms with E-state index in [-0.39, 0.29) is 17.9 Å². The number of benzene rings is 1. The van der Waals surface area contributed by atoms with Gasteiger partial charge in [0.05, 0.1) is 16.9 Å². The molecule has 0 saturated carbocycles. The fraction of sp³-hybridized carbons (Fsp3) is 0.353. The highest BCUT2D eigenvalue weighted by molar-refractivity contribution is 7.13. The van der Waals surface area contributed by atoms with Crippen molar-refractivity contribution in [3.63, 3.8) is 0 Å². The lowest BCUT2D eigenvalue weighted by molar-refractivity contribution is 0.0923. The molecular weight excluding hydrogens is 308 g/mol. The molecule has 0 radical (unpaired) electrons. The topological polar surface area (TPSA) is 59.8 Å². The van der Waals surface area contributed by atoms with Gasteiger partial charge in [-0.3, -0.25) is 9.48 Å². The van der Waals surface area contributed by atoms with Gasteiger partial charge in [-0.1, -0.05) is 25.5 Å². The van der Waals surface area contributed by atoms with Crippen LogP contribution in [0.4, 0.5) is 0 Å². The highest BCUT2D eigenvalue weighted by Crippen LogP contribution is 2.26. The molecule has 2 aromatic heterocycles. The highest BCUT2D eigenvalue weighted by atomic mass is 32.1. The average Bonchev–Trinajstić information content (AvgIpc) is 3.10. The van der Waals surface area contributed by atoms with Crippen LogP contribution in [0.2, 0.25) is 0 Å². The van der Waals surface area contributed by atoms with Crippen LogP contribution < -0.4 is 5.32 Å². The number of hydrogen-bond donors (Lipinski definition) is 1. The molecule has 1 aromatic carbocycles. The molecule has 0 fully saturated rings. The number of carbonyl (C=O) groups excluding carboxylic acids is 1. The van der Waals surface area contributed by atoms with E-state index in [1.165, 1.54) is 11.5 Å². The molecule has 3 rings (SSSR count). The summed E-state index contributed by atoms with van der Waals surface area (Å²) < 4.78 is 7.14. The van der Waals surface area contributed by atoms with Gasteiger partial charge >= 0.3 is 0 Å². The van der Waals surface area contributed by atoms with Crippen molar-refractivity contribution in [3.05, 3.63) is 47.4 Å². The summed E-state index contributed by atoms with van der Waals surface area (Å²) >= 11 is 1.36. The lowest BCUT2D eigenvalue weighted by atomic mass is 9.98. The summed E-state index contributed by atoms with van der Waals surface area (Å²) in [6.07, 6.45) is 3.74. The number of fused-ring (bicyclic) bond motifs is 1. The van der Waals surface area contributed by atoms with Crippen molar-refractivity contribution in [2.75, 3.05) is 0 Å². The number of aromatic nitrogens is 3. The van der Waals surface area contributed by atoms with Crippen LogP contribution >= 0.6 is 11.5 Å². The van der Waals surface area contributed by atoms with E-state index in [0.717, 1.165) is 21.2 Å². The summed E-state index contributed by atoms with van der Waals surface area (Å²) in [5, 5.41) is 8.23. The summed E-state index contributed by atoms with van der Waals surface area (Å²) in [5.74, 6) is 0.124. The SMILES string of the molecule is Cc1ccc2snc(C(=O)NC(c3cnn(C)c3)C(C)C)c2c1. The highest BCUT2D eigenvalue weighted by Gasteiger charge is 2.23. The van der Waals surface area contributed by atoms with Crippen molar-refractivity contribution < 1.29 is 4.79 Å². The molecule has 0 saturated heterocycles. The van der Waals surface area contributed by atoms with E-state index in [1.54, 1.807) is 10.9 Å². The molecular formula is C17H20N4OS. The van der Waals surface area contributed by atoms with Crippen molar-refractivity contribution >= 4 is 27.5 Å². The van der Waals surface area contributed by atoms with Crippen LogP contribution in [-0.2, 0) is 7.05 Å². The van der Waals surface area contributed by atoms with Crippen molar-refractivity contribution in [3.8, 4) is 0 Å². The van der Waals surface area contributed by atoms with Gasteiger partial charge in [0.1, 0.15) is 5.69 Å². The second-order valence-electron chi connectivity index (χ2n) is 6.17. The van der Waals surface area contributed by atoms with Crippen LogP contribution in [0.25, 0.3) is 10.1 Å². The predicted molar refractivity (Wildman–Crippen MR) is 92.6 cm³/mol. The minimum absolute atomic E-state index is 0.0854. The van der Waals surface area contributed by atoms with Crippen LogP contribution in [0.15, 0.2) is 30.6 Å². The van der Waals surface area contributed by atoms with E-state index in [9.17, 15) is 4.79 Å². The number of nitrogens with zero attached hydrogens (tertiary/aromatic N) is 3. The Morgan fingerprint density at radius 3 is 2.78 bits per heavy atom. The average molecular weight is 328 g/mol. The van der Waals surface area contributed by atoms with E-state index in [4.69, 9.17) is 0 Å². The number of hydrogen-bond acceptors (Lipinski definition) is 4. The number of nitrogens with one attached hydrogen (secondary N) is 1. The molecule has 0 aliphatic rings. The second kappa shape index (κ2) is 6.12. The van der Waals surface area contributed by atoms with Gasteiger partial charge in [-0.15, -0.1) is 0 Å². The number of carbonyl (C=O) groups is 1. The lowest BCUT2D eigenvalue weighted by Crippen LogP contribution is -2.31. The van der Waals surface area contributed by atoms with Gasteiger partial charge < -0.3 is 5.32 Å². The van der Waals surface area contributed by atoms with Crippen molar-refractivity contribution in [2.45, 2.75) is 26.8 Å². The van der Waals surface area contributed by atoms with Crippen molar-refractivity contribution in [1.29, 1.82) is 0 Å². The Labute approximate surface area is 139 Å². The van der Waals surface area contributed by atoms with Crippen LogP contribution in [0.3, 0.4) is 0 Å². The van der Waals surface area contributed by atoms with Gasteiger partial charge in [0.25, 0.3) is 5.91 Å². The first-order valence-corrected chi connectivity index (χ1v) is 8.38. The summed E-state index contributed by atoms with van der Waals surface area (Å²) in [4.78, 5) is 12.7.